The molecule has 0 spiro atoms. The van der Waals surface area contributed by atoms with Crippen LogP contribution < -0.4 is 10.6 Å². The second kappa shape index (κ2) is 5.31. The monoisotopic (exact) mass is 322 g/mol. The number of carbonyl (C=O) groups excluding carboxylic acids is 2. The van der Waals surface area contributed by atoms with Gasteiger partial charge in [0.1, 0.15) is 0 Å². The fourth-order valence-electron chi connectivity index (χ4n) is 1.97. The van der Waals surface area contributed by atoms with Gasteiger partial charge in [-0.3, -0.25) is 9.59 Å². The summed E-state index contributed by atoms with van der Waals surface area (Å²) in [5.74, 6) is -0.564. The average Bonchev–Trinajstić information content (AvgIpc) is 2.79. The lowest BCUT2D eigenvalue weighted by atomic mass is 10.1. The third-order valence-corrected chi connectivity index (χ3v) is 3.45. The van der Waals surface area contributed by atoms with Crippen molar-refractivity contribution in [2.45, 2.75) is 6.42 Å². The number of nitrogens with zero attached hydrogens (tertiary/aromatic N) is 2. The van der Waals surface area contributed by atoms with E-state index in [0.717, 1.165) is 5.56 Å². The highest BCUT2D eigenvalue weighted by Gasteiger charge is 2.20. The van der Waals surface area contributed by atoms with Crippen LogP contribution in [0.3, 0.4) is 0 Å². The van der Waals surface area contributed by atoms with Crippen LogP contribution in [0, 0.1) is 0 Å². The van der Waals surface area contributed by atoms with Gasteiger partial charge in [0, 0.05) is 5.69 Å². The van der Waals surface area contributed by atoms with Gasteiger partial charge < -0.3 is 10.6 Å². The Kier molecular flexibility index (Phi) is 3.48. The molecule has 2 aromatic rings. The minimum absolute atomic E-state index is 0.104. The van der Waals surface area contributed by atoms with Crippen LogP contribution in [0.5, 0.6) is 0 Å². The molecule has 0 bridgehead atoms. The zero-order valence-electron chi connectivity index (χ0n) is 10.5. The summed E-state index contributed by atoms with van der Waals surface area (Å²) in [6.45, 7) is 0. The van der Waals surface area contributed by atoms with Crippen molar-refractivity contribution >= 4 is 46.4 Å². The Balaban J connectivity index is 1.85. The first-order valence-corrected chi connectivity index (χ1v) is 6.71. The Morgan fingerprint density at radius 1 is 1.24 bits per heavy atom. The highest BCUT2D eigenvalue weighted by atomic mass is 35.5. The van der Waals surface area contributed by atoms with E-state index in [2.05, 4.69) is 20.8 Å². The number of anilines is 2. The third-order valence-electron chi connectivity index (χ3n) is 2.93. The van der Waals surface area contributed by atoms with Gasteiger partial charge in [0.15, 0.2) is 10.8 Å². The Morgan fingerprint density at radius 3 is 2.76 bits per heavy atom. The molecule has 0 saturated heterocycles. The lowest BCUT2D eigenvalue weighted by Gasteiger charge is -2.09. The number of hydrogen-bond donors (Lipinski definition) is 2. The number of benzene rings is 1. The van der Waals surface area contributed by atoms with Gasteiger partial charge >= 0.3 is 0 Å². The molecule has 2 heterocycles. The topological polar surface area (TPSA) is 84.0 Å². The van der Waals surface area contributed by atoms with Crippen LogP contribution in [0.25, 0.3) is 0 Å². The van der Waals surface area contributed by atoms with Crippen LogP contribution >= 0.6 is 23.2 Å². The minimum Gasteiger partial charge on any atom is -0.325 e. The molecule has 0 saturated carbocycles. The second-order valence-corrected chi connectivity index (χ2v) is 5.20. The van der Waals surface area contributed by atoms with E-state index in [1.54, 1.807) is 12.1 Å². The molecule has 3 rings (SSSR count). The summed E-state index contributed by atoms with van der Waals surface area (Å²) in [4.78, 5) is 23.4. The summed E-state index contributed by atoms with van der Waals surface area (Å²) in [6.07, 6.45) is 0.260. The molecule has 0 atom stereocenters. The number of amides is 2. The van der Waals surface area contributed by atoms with Crippen molar-refractivity contribution in [3.05, 3.63) is 45.7 Å². The van der Waals surface area contributed by atoms with Gasteiger partial charge in [-0.05, 0) is 29.8 Å². The molecule has 1 aliphatic rings. The molecule has 8 heteroatoms. The maximum Gasteiger partial charge on any atom is 0.276 e. The van der Waals surface area contributed by atoms with Gasteiger partial charge in [0.05, 0.1) is 17.1 Å². The Labute approximate surface area is 129 Å². The zero-order chi connectivity index (χ0) is 15.0. The average molecular weight is 323 g/mol. The van der Waals surface area contributed by atoms with Crippen LogP contribution in [0.4, 0.5) is 11.4 Å². The number of aromatic nitrogens is 2. The largest absolute Gasteiger partial charge is 0.325 e. The first-order valence-electron chi connectivity index (χ1n) is 5.96. The molecule has 1 aliphatic heterocycles. The summed E-state index contributed by atoms with van der Waals surface area (Å²) in [5, 5.41) is 13.1. The molecule has 21 heavy (non-hydrogen) atoms. The molecule has 1 aromatic heterocycles. The normalized spacial score (nSPS) is 12.8. The molecule has 0 fully saturated rings. The van der Waals surface area contributed by atoms with Crippen LogP contribution in [0.1, 0.15) is 16.1 Å². The number of halogens is 2. The van der Waals surface area contributed by atoms with Crippen LogP contribution in [0.2, 0.25) is 10.2 Å². The third kappa shape index (κ3) is 2.81. The maximum atomic E-state index is 12.0. The molecule has 0 aliphatic carbocycles. The minimum atomic E-state index is -0.460. The fourth-order valence-corrected chi connectivity index (χ4v) is 2.28. The van der Waals surface area contributed by atoms with Crippen molar-refractivity contribution in [3.8, 4) is 0 Å². The SMILES string of the molecule is O=C1Cc2cc(NC(=O)c3ccc(Cl)nn3)c(Cl)cc2N1. The van der Waals surface area contributed by atoms with E-state index in [1.165, 1.54) is 12.1 Å². The molecule has 2 N–H and O–H groups in total. The van der Waals surface area contributed by atoms with Crippen molar-refractivity contribution in [3.63, 3.8) is 0 Å². The Hall–Kier alpha value is -2.18. The summed E-state index contributed by atoms with van der Waals surface area (Å²) in [7, 11) is 0. The van der Waals surface area contributed by atoms with Crippen molar-refractivity contribution < 1.29 is 9.59 Å². The number of hydrogen-bond acceptors (Lipinski definition) is 4. The van der Waals surface area contributed by atoms with Crippen LogP contribution in [-0.4, -0.2) is 22.0 Å². The van der Waals surface area contributed by atoms with Gasteiger partial charge in [-0.25, -0.2) is 0 Å². The fraction of sp³-hybridized carbons (Fsp3) is 0.0769. The molecule has 0 unspecified atom stereocenters. The molecule has 1 aromatic carbocycles. The van der Waals surface area contributed by atoms with E-state index >= 15 is 0 Å². The van der Waals surface area contributed by atoms with Crippen LogP contribution in [0.15, 0.2) is 24.3 Å². The maximum absolute atomic E-state index is 12.0. The lowest BCUT2D eigenvalue weighted by molar-refractivity contribution is -0.115. The zero-order valence-corrected chi connectivity index (χ0v) is 12.0. The summed E-state index contributed by atoms with van der Waals surface area (Å²) in [6, 6.07) is 6.19. The van der Waals surface area contributed by atoms with Crippen molar-refractivity contribution in [2.75, 3.05) is 10.6 Å². The highest BCUT2D eigenvalue weighted by Crippen LogP contribution is 2.32. The predicted molar refractivity (Wildman–Crippen MR) is 78.8 cm³/mol. The van der Waals surface area contributed by atoms with E-state index in [1.807, 2.05) is 0 Å². The Morgan fingerprint density at radius 2 is 2.05 bits per heavy atom. The van der Waals surface area contributed by atoms with Gasteiger partial charge in [0.25, 0.3) is 5.91 Å². The van der Waals surface area contributed by atoms with Crippen molar-refractivity contribution in [2.24, 2.45) is 0 Å². The molecule has 106 valence electrons. The number of fused-ring (bicyclic) bond motifs is 1. The smallest absolute Gasteiger partial charge is 0.276 e. The Bertz CT molecular complexity index is 747. The molecular formula is C13H8Cl2N4O2. The van der Waals surface area contributed by atoms with E-state index in [0.29, 0.717) is 16.4 Å². The molecular weight excluding hydrogens is 315 g/mol. The van der Waals surface area contributed by atoms with Crippen molar-refractivity contribution in [1.82, 2.24) is 10.2 Å². The van der Waals surface area contributed by atoms with Gasteiger partial charge in [-0.2, -0.15) is 0 Å². The second-order valence-electron chi connectivity index (χ2n) is 4.41. The predicted octanol–water partition coefficient (Wildman–Crippen LogP) is 2.53. The summed E-state index contributed by atoms with van der Waals surface area (Å²) >= 11 is 11.7. The van der Waals surface area contributed by atoms with E-state index in [4.69, 9.17) is 23.2 Å². The van der Waals surface area contributed by atoms with Crippen molar-refractivity contribution in [1.29, 1.82) is 0 Å². The standard InChI is InChI=1S/C13H8Cl2N4O2/c14-7-5-9-6(4-12(20)16-9)3-10(7)17-13(21)8-1-2-11(15)19-18-8/h1-3,5H,4H2,(H,16,20)(H,17,21). The van der Waals surface area contributed by atoms with Gasteiger partial charge in [-0.1, -0.05) is 23.2 Å². The molecule has 0 radical (unpaired) electrons. The van der Waals surface area contributed by atoms with E-state index in [-0.39, 0.29) is 23.2 Å². The van der Waals surface area contributed by atoms with E-state index < -0.39 is 5.91 Å². The van der Waals surface area contributed by atoms with Gasteiger partial charge in [-0.15, -0.1) is 10.2 Å². The number of carbonyl (C=O) groups is 2. The summed E-state index contributed by atoms with van der Waals surface area (Å²) in [5.41, 5.74) is 1.97. The van der Waals surface area contributed by atoms with Gasteiger partial charge in [0.2, 0.25) is 5.91 Å². The molecule has 6 nitrogen and oxygen atoms in total. The number of nitrogens with one attached hydrogen (secondary N) is 2. The first-order chi connectivity index (χ1) is 10.0. The number of rotatable bonds is 2. The van der Waals surface area contributed by atoms with E-state index in [9.17, 15) is 9.59 Å². The molecule has 2 amide bonds. The highest BCUT2D eigenvalue weighted by molar-refractivity contribution is 6.34. The quantitative estimate of drug-likeness (QED) is 0.889. The summed E-state index contributed by atoms with van der Waals surface area (Å²) < 4.78 is 0. The van der Waals surface area contributed by atoms with Crippen LogP contribution in [-0.2, 0) is 11.2 Å². The first kappa shape index (κ1) is 13.8. The lowest BCUT2D eigenvalue weighted by Crippen LogP contribution is -2.14.